The van der Waals surface area contributed by atoms with E-state index < -0.39 is 6.09 Å². The minimum absolute atomic E-state index is 0.440. The van der Waals surface area contributed by atoms with E-state index in [1.165, 1.54) is 5.69 Å². The van der Waals surface area contributed by atoms with Gasteiger partial charge >= 0.3 is 6.09 Å². The highest BCUT2D eigenvalue weighted by Gasteiger charge is 2.23. The van der Waals surface area contributed by atoms with Gasteiger partial charge in [-0.3, -0.25) is 4.48 Å². The van der Waals surface area contributed by atoms with Gasteiger partial charge in [-0.25, -0.2) is 4.79 Å². The molecule has 0 saturated heterocycles. The molecule has 0 fully saturated rings. The normalized spacial score (nSPS) is 11.1. The van der Waals surface area contributed by atoms with Gasteiger partial charge in [0.15, 0.2) is 0 Å². The third kappa shape index (κ3) is 3.01. The first-order chi connectivity index (χ1) is 8.61. The van der Waals surface area contributed by atoms with Gasteiger partial charge < -0.3 is 10.1 Å². The predicted molar refractivity (Wildman–Crippen MR) is 74.9 cm³/mol. The second-order valence-electron chi connectivity index (χ2n) is 4.23. The van der Waals surface area contributed by atoms with Crippen molar-refractivity contribution < 1.29 is 9.53 Å². The Hall–Kier alpha value is -1.55. The number of nitrogens with one attached hydrogen (secondary N) is 1. The molecule has 0 unspecified atom stereocenters. The first-order valence-electron chi connectivity index (χ1n) is 6.48. The maximum Gasteiger partial charge on any atom is 0.412 e. The molecule has 0 aromatic heterocycles. The second-order valence-corrected chi connectivity index (χ2v) is 4.23. The molecule has 4 heteroatoms. The summed E-state index contributed by atoms with van der Waals surface area (Å²) in [5, 5.41) is 2.43. The molecule has 1 aromatic rings. The molecule has 0 saturated carbocycles. The van der Waals surface area contributed by atoms with Crippen LogP contribution in [0.3, 0.4) is 0 Å². The van der Waals surface area contributed by atoms with Gasteiger partial charge in [-0.2, -0.15) is 0 Å². The summed E-state index contributed by atoms with van der Waals surface area (Å²) in [7, 11) is 1.55. The van der Waals surface area contributed by atoms with Gasteiger partial charge in [0.1, 0.15) is 11.4 Å². The SMILES string of the molecule is CC[N+](CC)(CC)c1ccc(OC(=O)NC)cc1. The molecule has 1 N–H and O–H groups in total. The molecule has 1 amide bonds. The highest BCUT2D eigenvalue weighted by Crippen LogP contribution is 2.25. The Labute approximate surface area is 109 Å². The first kappa shape index (κ1) is 14.5. The Morgan fingerprint density at radius 3 is 2.00 bits per heavy atom. The van der Waals surface area contributed by atoms with Crippen LogP contribution in [0.4, 0.5) is 10.5 Å². The van der Waals surface area contributed by atoms with Crippen LogP contribution in [0, 0.1) is 0 Å². The van der Waals surface area contributed by atoms with Gasteiger partial charge in [-0.05, 0) is 32.9 Å². The molecule has 18 heavy (non-hydrogen) atoms. The maximum absolute atomic E-state index is 11.1. The number of nitrogens with zero attached hydrogens (tertiary/aromatic N) is 1. The van der Waals surface area contributed by atoms with E-state index in [0.29, 0.717) is 5.75 Å². The first-order valence-corrected chi connectivity index (χ1v) is 6.48. The molecule has 0 aliphatic carbocycles. The van der Waals surface area contributed by atoms with Crippen LogP contribution in [0.1, 0.15) is 20.8 Å². The Morgan fingerprint density at radius 2 is 1.61 bits per heavy atom. The molecule has 4 nitrogen and oxygen atoms in total. The van der Waals surface area contributed by atoms with Gasteiger partial charge in [-0.15, -0.1) is 0 Å². The lowest BCUT2D eigenvalue weighted by Gasteiger charge is -2.35. The van der Waals surface area contributed by atoms with Crippen LogP contribution in [0.15, 0.2) is 24.3 Å². The van der Waals surface area contributed by atoms with Crippen molar-refractivity contribution in [2.24, 2.45) is 0 Å². The largest absolute Gasteiger partial charge is 0.412 e. The second kappa shape index (κ2) is 6.40. The van der Waals surface area contributed by atoms with E-state index in [0.717, 1.165) is 24.1 Å². The summed E-state index contributed by atoms with van der Waals surface area (Å²) in [5.41, 5.74) is 1.26. The van der Waals surface area contributed by atoms with E-state index in [-0.39, 0.29) is 0 Å². The predicted octanol–water partition coefficient (Wildman–Crippen LogP) is 2.77. The summed E-state index contributed by atoms with van der Waals surface area (Å²) >= 11 is 0. The van der Waals surface area contributed by atoms with Crippen LogP contribution < -0.4 is 14.5 Å². The summed E-state index contributed by atoms with van der Waals surface area (Å²) in [6, 6.07) is 7.76. The number of carbonyl (C=O) groups excluding carboxylic acids is 1. The Bertz CT molecular complexity index is 375. The van der Waals surface area contributed by atoms with Crippen molar-refractivity contribution >= 4 is 11.8 Å². The van der Waals surface area contributed by atoms with Crippen molar-refractivity contribution in [3.63, 3.8) is 0 Å². The summed E-state index contributed by atoms with van der Waals surface area (Å²) < 4.78 is 6.02. The molecular weight excluding hydrogens is 228 g/mol. The van der Waals surface area contributed by atoms with Crippen LogP contribution in [-0.4, -0.2) is 32.8 Å². The summed E-state index contributed by atoms with van der Waals surface area (Å²) in [5.74, 6) is 0.569. The fourth-order valence-electron chi connectivity index (χ4n) is 2.21. The van der Waals surface area contributed by atoms with Gasteiger partial charge in [-0.1, -0.05) is 0 Å². The molecule has 0 radical (unpaired) electrons. The van der Waals surface area contributed by atoms with Crippen molar-refractivity contribution in [1.82, 2.24) is 9.80 Å². The van der Waals surface area contributed by atoms with Crippen molar-refractivity contribution in [3.05, 3.63) is 24.3 Å². The van der Waals surface area contributed by atoms with E-state index in [9.17, 15) is 4.79 Å². The third-order valence-electron chi connectivity index (χ3n) is 3.62. The van der Waals surface area contributed by atoms with Crippen molar-refractivity contribution in [2.75, 3.05) is 26.7 Å². The molecule has 0 spiro atoms. The number of hydrogen-bond donors (Lipinski definition) is 1. The zero-order chi connectivity index (χ0) is 13.6. The number of rotatable bonds is 5. The van der Waals surface area contributed by atoms with Crippen LogP contribution in [0.5, 0.6) is 5.75 Å². The molecule has 0 bridgehead atoms. The smallest absolute Gasteiger partial charge is 0.410 e. The lowest BCUT2D eigenvalue weighted by atomic mass is 10.2. The summed E-state index contributed by atoms with van der Waals surface area (Å²) in [4.78, 5) is 11.1. The van der Waals surface area contributed by atoms with E-state index in [1.807, 2.05) is 24.3 Å². The van der Waals surface area contributed by atoms with Gasteiger partial charge in [0.2, 0.25) is 0 Å². The zero-order valence-electron chi connectivity index (χ0n) is 11.7. The monoisotopic (exact) mass is 251 g/mol. The number of ether oxygens (including phenoxy) is 1. The van der Waals surface area contributed by atoms with E-state index in [2.05, 4.69) is 26.1 Å². The topological polar surface area (TPSA) is 38.3 Å². The average molecular weight is 251 g/mol. The molecule has 1 rings (SSSR count). The number of carbonyl (C=O) groups is 1. The van der Waals surface area contributed by atoms with Crippen molar-refractivity contribution in [3.8, 4) is 5.75 Å². The molecule has 0 aliphatic heterocycles. The Kier molecular flexibility index (Phi) is 5.16. The lowest BCUT2D eigenvalue weighted by molar-refractivity contribution is 0.203. The van der Waals surface area contributed by atoms with Crippen molar-refractivity contribution in [2.45, 2.75) is 20.8 Å². The van der Waals surface area contributed by atoms with E-state index >= 15 is 0 Å². The summed E-state index contributed by atoms with van der Waals surface area (Å²) in [6.45, 7) is 9.76. The van der Waals surface area contributed by atoms with Crippen molar-refractivity contribution in [1.29, 1.82) is 0 Å². The molecule has 0 atom stereocenters. The maximum atomic E-state index is 11.1. The zero-order valence-corrected chi connectivity index (χ0v) is 11.7. The fourth-order valence-corrected chi connectivity index (χ4v) is 2.21. The van der Waals surface area contributed by atoms with E-state index in [1.54, 1.807) is 7.05 Å². The molecule has 0 aliphatic rings. The van der Waals surface area contributed by atoms with Crippen LogP contribution in [0.25, 0.3) is 0 Å². The van der Waals surface area contributed by atoms with Gasteiger partial charge in [0.05, 0.1) is 19.6 Å². The third-order valence-corrected chi connectivity index (χ3v) is 3.62. The van der Waals surface area contributed by atoms with Crippen LogP contribution in [-0.2, 0) is 0 Å². The van der Waals surface area contributed by atoms with Crippen LogP contribution in [0.2, 0.25) is 0 Å². The lowest BCUT2D eigenvalue weighted by Crippen LogP contribution is -2.48. The Balaban J connectivity index is 2.90. The molecule has 0 heterocycles. The molecule has 1 aromatic carbocycles. The number of amides is 1. The molecular formula is C14H23N2O2+. The number of quaternary nitrogens is 1. The number of benzene rings is 1. The minimum atomic E-state index is -0.440. The average Bonchev–Trinajstić information content (AvgIpc) is 2.43. The van der Waals surface area contributed by atoms with E-state index in [4.69, 9.17) is 4.74 Å². The molecule has 100 valence electrons. The van der Waals surface area contributed by atoms with Crippen LogP contribution >= 0.6 is 0 Å². The fraction of sp³-hybridized carbons (Fsp3) is 0.500. The summed E-state index contributed by atoms with van der Waals surface area (Å²) in [6.07, 6.45) is -0.440. The standard InChI is InChI=1S/C14H22N2O2/c1-5-16(6-2,7-3)12-8-10-13(11-9-12)18-14(17)15-4/h8-11H,5-7H2,1-4H3/p+1. The number of hydrogen-bond acceptors (Lipinski definition) is 2. The van der Waals surface area contributed by atoms with Gasteiger partial charge in [0, 0.05) is 19.2 Å². The Morgan fingerprint density at radius 1 is 1.11 bits per heavy atom. The highest BCUT2D eigenvalue weighted by molar-refractivity contribution is 5.70. The minimum Gasteiger partial charge on any atom is -0.410 e. The van der Waals surface area contributed by atoms with Gasteiger partial charge in [0.25, 0.3) is 0 Å². The highest BCUT2D eigenvalue weighted by atomic mass is 16.5. The quantitative estimate of drug-likeness (QED) is 0.817.